The van der Waals surface area contributed by atoms with Crippen LogP contribution < -0.4 is 15.2 Å². The highest BCUT2D eigenvalue weighted by molar-refractivity contribution is 5.44. The SMILES string of the molecule is CCOc1ccc([C@H](N)C2CCCC2)cc1OC. The van der Waals surface area contributed by atoms with Gasteiger partial charge >= 0.3 is 0 Å². The molecule has 0 saturated heterocycles. The molecule has 1 aromatic rings. The zero-order chi connectivity index (χ0) is 13.0. The Bertz CT molecular complexity index is 386. The molecule has 2 rings (SSSR count). The molecule has 0 amide bonds. The van der Waals surface area contributed by atoms with Crippen LogP contribution in [0.4, 0.5) is 0 Å². The Kier molecular flexibility index (Phi) is 4.48. The number of ether oxygens (including phenoxy) is 2. The molecule has 0 spiro atoms. The van der Waals surface area contributed by atoms with Gasteiger partial charge in [-0.25, -0.2) is 0 Å². The lowest BCUT2D eigenvalue weighted by atomic mass is 9.92. The van der Waals surface area contributed by atoms with Crippen LogP contribution in [0.1, 0.15) is 44.2 Å². The van der Waals surface area contributed by atoms with Crippen molar-refractivity contribution in [1.82, 2.24) is 0 Å². The normalized spacial score (nSPS) is 17.7. The van der Waals surface area contributed by atoms with Crippen molar-refractivity contribution < 1.29 is 9.47 Å². The van der Waals surface area contributed by atoms with Crippen LogP contribution in [0.5, 0.6) is 11.5 Å². The Morgan fingerprint density at radius 1 is 1.28 bits per heavy atom. The Balaban J connectivity index is 2.17. The zero-order valence-electron chi connectivity index (χ0n) is 11.3. The minimum atomic E-state index is 0.122. The highest BCUT2D eigenvalue weighted by atomic mass is 16.5. The molecule has 0 aromatic heterocycles. The van der Waals surface area contributed by atoms with E-state index in [4.69, 9.17) is 15.2 Å². The largest absolute Gasteiger partial charge is 0.493 e. The molecule has 0 bridgehead atoms. The van der Waals surface area contributed by atoms with Gasteiger partial charge in [-0.1, -0.05) is 18.9 Å². The molecule has 0 heterocycles. The van der Waals surface area contributed by atoms with E-state index in [9.17, 15) is 0 Å². The predicted molar refractivity (Wildman–Crippen MR) is 73.0 cm³/mol. The molecule has 1 aliphatic rings. The second-order valence-corrected chi connectivity index (χ2v) is 4.91. The van der Waals surface area contributed by atoms with Crippen LogP contribution in [-0.2, 0) is 0 Å². The lowest BCUT2D eigenvalue weighted by molar-refractivity contribution is 0.310. The average molecular weight is 249 g/mol. The third-order valence-electron chi connectivity index (χ3n) is 3.78. The summed E-state index contributed by atoms with van der Waals surface area (Å²) in [4.78, 5) is 0. The summed E-state index contributed by atoms with van der Waals surface area (Å²) in [6, 6.07) is 6.17. The number of benzene rings is 1. The van der Waals surface area contributed by atoms with Crippen molar-refractivity contribution in [3.63, 3.8) is 0 Å². The number of nitrogens with two attached hydrogens (primary N) is 1. The van der Waals surface area contributed by atoms with Crippen LogP contribution in [0.15, 0.2) is 18.2 Å². The molecule has 2 N–H and O–H groups in total. The summed E-state index contributed by atoms with van der Waals surface area (Å²) >= 11 is 0. The maximum atomic E-state index is 6.35. The number of methoxy groups -OCH3 is 1. The van der Waals surface area contributed by atoms with E-state index < -0.39 is 0 Å². The summed E-state index contributed by atoms with van der Waals surface area (Å²) in [6.45, 7) is 2.61. The fourth-order valence-corrected chi connectivity index (χ4v) is 2.75. The summed E-state index contributed by atoms with van der Waals surface area (Å²) in [5.41, 5.74) is 7.51. The molecule has 1 aliphatic carbocycles. The summed E-state index contributed by atoms with van der Waals surface area (Å²) in [5, 5.41) is 0. The maximum Gasteiger partial charge on any atom is 0.161 e. The van der Waals surface area contributed by atoms with E-state index >= 15 is 0 Å². The summed E-state index contributed by atoms with van der Waals surface area (Å²) in [7, 11) is 1.67. The van der Waals surface area contributed by atoms with Gasteiger partial charge in [-0.3, -0.25) is 0 Å². The Hall–Kier alpha value is -1.22. The van der Waals surface area contributed by atoms with Gasteiger partial charge in [-0.05, 0) is 43.4 Å². The van der Waals surface area contributed by atoms with Crippen molar-refractivity contribution in [3.05, 3.63) is 23.8 Å². The van der Waals surface area contributed by atoms with Crippen LogP contribution >= 0.6 is 0 Å². The molecule has 0 aliphatic heterocycles. The van der Waals surface area contributed by atoms with Gasteiger partial charge < -0.3 is 15.2 Å². The molecular weight excluding hydrogens is 226 g/mol. The molecular formula is C15H23NO2. The van der Waals surface area contributed by atoms with Crippen molar-refractivity contribution in [1.29, 1.82) is 0 Å². The second-order valence-electron chi connectivity index (χ2n) is 4.91. The van der Waals surface area contributed by atoms with Gasteiger partial charge in [0.15, 0.2) is 11.5 Å². The van der Waals surface area contributed by atoms with E-state index in [1.54, 1.807) is 7.11 Å². The van der Waals surface area contributed by atoms with Gasteiger partial charge in [0.1, 0.15) is 0 Å². The highest BCUT2D eigenvalue weighted by Gasteiger charge is 2.23. The van der Waals surface area contributed by atoms with Gasteiger partial charge in [-0.2, -0.15) is 0 Å². The molecule has 18 heavy (non-hydrogen) atoms. The summed E-state index contributed by atoms with van der Waals surface area (Å²) in [5.74, 6) is 2.19. The van der Waals surface area contributed by atoms with Gasteiger partial charge in [0.25, 0.3) is 0 Å². The molecule has 0 unspecified atom stereocenters. The fourth-order valence-electron chi connectivity index (χ4n) is 2.75. The first-order valence-electron chi connectivity index (χ1n) is 6.82. The van der Waals surface area contributed by atoms with Crippen LogP contribution in [0.25, 0.3) is 0 Å². The quantitative estimate of drug-likeness (QED) is 0.871. The van der Waals surface area contributed by atoms with Crippen molar-refractivity contribution in [2.75, 3.05) is 13.7 Å². The van der Waals surface area contributed by atoms with Crippen LogP contribution in [0, 0.1) is 5.92 Å². The van der Waals surface area contributed by atoms with Crippen LogP contribution in [0.2, 0.25) is 0 Å². The molecule has 1 saturated carbocycles. The molecule has 100 valence electrons. The Morgan fingerprint density at radius 2 is 2.00 bits per heavy atom. The Labute approximate surface area is 109 Å². The minimum Gasteiger partial charge on any atom is -0.493 e. The van der Waals surface area contributed by atoms with E-state index in [1.165, 1.54) is 25.7 Å². The minimum absolute atomic E-state index is 0.122. The van der Waals surface area contributed by atoms with Crippen molar-refractivity contribution in [3.8, 4) is 11.5 Å². The van der Waals surface area contributed by atoms with Crippen molar-refractivity contribution >= 4 is 0 Å². The lowest BCUT2D eigenvalue weighted by Gasteiger charge is -2.20. The zero-order valence-corrected chi connectivity index (χ0v) is 11.3. The number of rotatable bonds is 5. The highest BCUT2D eigenvalue weighted by Crippen LogP contribution is 2.37. The van der Waals surface area contributed by atoms with E-state index in [-0.39, 0.29) is 6.04 Å². The Morgan fingerprint density at radius 3 is 2.61 bits per heavy atom. The number of hydrogen-bond acceptors (Lipinski definition) is 3. The van der Waals surface area contributed by atoms with Gasteiger partial charge in [0.2, 0.25) is 0 Å². The standard InChI is InChI=1S/C15H23NO2/c1-3-18-13-9-8-12(10-14(13)17-2)15(16)11-6-4-5-7-11/h8-11,15H,3-7,16H2,1-2H3/t15-/m1/s1. The second kappa shape index (κ2) is 6.10. The first-order valence-corrected chi connectivity index (χ1v) is 6.82. The molecule has 1 atom stereocenters. The summed E-state index contributed by atoms with van der Waals surface area (Å²) in [6.07, 6.45) is 5.12. The number of hydrogen-bond donors (Lipinski definition) is 1. The van der Waals surface area contributed by atoms with Gasteiger partial charge in [0, 0.05) is 6.04 Å². The van der Waals surface area contributed by atoms with Gasteiger partial charge in [-0.15, -0.1) is 0 Å². The van der Waals surface area contributed by atoms with E-state index in [2.05, 4.69) is 6.07 Å². The van der Waals surface area contributed by atoms with E-state index in [0.717, 1.165) is 17.1 Å². The van der Waals surface area contributed by atoms with Crippen LogP contribution in [-0.4, -0.2) is 13.7 Å². The molecule has 3 heteroatoms. The molecule has 3 nitrogen and oxygen atoms in total. The topological polar surface area (TPSA) is 44.5 Å². The lowest BCUT2D eigenvalue weighted by Crippen LogP contribution is -2.19. The first kappa shape index (κ1) is 13.2. The van der Waals surface area contributed by atoms with E-state index in [0.29, 0.717) is 12.5 Å². The van der Waals surface area contributed by atoms with Gasteiger partial charge in [0.05, 0.1) is 13.7 Å². The smallest absolute Gasteiger partial charge is 0.161 e. The third-order valence-corrected chi connectivity index (χ3v) is 3.78. The average Bonchev–Trinajstić information content (AvgIpc) is 2.92. The molecule has 1 fully saturated rings. The maximum absolute atomic E-state index is 6.35. The monoisotopic (exact) mass is 249 g/mol. The van der Waals surface area contributed by atoms with Crippen LogP contribution in [0.3, 0.4) is 0 Å². The van der Waals surface area contributed by atoms with Crippen molar-refractivity contribution in [2.24, 2.45) is 11.7 Å². The third kappa shape index (κ3) is 2.78. The summed E-state index contributed by atoms with van der Waals surface area (Å²) < 4.78 is 10.9. The van der Waals surface area contributed by atoms with Crippen molar-refractivity contribution in [2.45, 2.75) is 38.6 Å². The fraction of sp³-hybridized carbons (Fsp3) is 0.600. The molecule has 0 radical (unpaired) electrons. The van der Waals surface area contributed by atoms with E-state index in [1.807, 2.05) is 19.1 Å². The predicted octanol–water partition coefficient (Wildman–Crippen LogP) is 3.28. The first-order chi connectivity index (χ1) is 8.76. The molecule has 1 aromatic carbocycles.